The predicted octanol–water partition coefficient (Wildman–Crippen LogP) is 3.33. The first-order valence-electron chi connectivity index (χ1n) is 5.89. The molecule has 0 aliphatic carbocycles. The second-order valence-electron chi connectivity index (χ2n) is 4.43. The molecule has 1 aromatic heterocycles. The van der Waals surface area contributed by atoms with E-state index in [9.17, 15) is 15.0 Å². The van der Waals surface area contributed by atoms with Crippen molar-refractivity contribution >= 4 is 27.6 Å². The van der Waals surface area contributed by atoms with Gasteiger partial charge in [-0.3, -0.25) is 0 Å². The molecule has 0 aliphatic heterocycles. The summed E-state index contributed by atoms with van der Waals surface area (Å²) in [4.78, 5) is 12.6. The fraction of sp³-hybridized carbons (Fsp3) is 0.133. The second kappa shape index (κ2) is 5.02. The van der Waals surface area contributed by atoms with Gasteiger partial charge in [0.2, 0.25) is 0 Å². The van der Waals surface area contributed by atoms with Crippen LogP contribution < -0.4 is 0 Å². The molecule has 0 fully saturated rings. The molecule has 0 atom stereocenters. The van der Waals surface area contributed by atoms with Crippen molar-refractivity contribution < 1.29 is 15.0 Å². The van der Waals surface area contributed by atoms with Gasteiger partial charge in [0.25, 0.3) is 0 Å². The number of aromatic nitrogens is 1. The number of phenols is 2. The lowest BCUT2D eigenvalue weighted by Gasteiger charge is -1.98. The SMILES string of the molecule is CC(C)=O.Oc1ccc2[nH]c3ccccc3c2c1O. The molecule has 98 valence electrons. The number of hydrogen-bond acceptors (Lipinski definition) is 3. The lowest BCUT2D eigenvalue weighted by Crippen LogP contribution is -1.71. The maximum atomic E-state index is 9.78. The Morgan fingerprint density at radius 2 is 1.63 bits per heavy atom. The van der Waals surface area contributed by atoms with Gasteiger partial charge in [-0.15, -0.1) is 0 Å². The van der Waals surface area contributed by atoms with Crippen LogP contribution in [0.25, 0.3) is 21.8 Å². The van der Waals surface area contributed by atoms with Crippen molar-refractivity contribution in [3.63, 3.8) is 0 Å². The fourth-order valence-electron chi connectivity index (χ4n) is 1.91. The van der Waals surface area contributed by atoms with E-state index in [1.165, 1.54) is 19.9 Å². The number of Topliss-reactive ketones (excluding diaryl/α,β-unsaturated/α-hetero) is 1. The third-order valence-corrected chi connectivity index (χ3v) is 2.62. The summed E-state index contributed by atoms with van der Waals surface area (Å²) in [5.41, 5.74) is 1.78. The molecule has 19 heavy (non-hydrogen) atoms. The fourth-order valence-corrected chi connectivity index (χ4v) is 1.91. The molecule has 4 heteroatoms. The Labute approximate surface area is 110 Å². The summed E-state index contributed by atoms with van der Waals surface area (Å²) in [6.07, 6.45) is 0. The average molecular weight is 257 g/mol. The van der Waals surface area contributed by atoms with Gasteiger partial charge in [-0.1, -0.05) is 18.2 Å². The van der Waals surface area contributed by atoms with E-state index in [-0.39, 0.29) is 17.3 Å². The number of H-pyrrole nitrogens is 1. The quantitative estimate of drug-likeness (QED) is 0.541. The third-order valence-electron chi connectivity index (χ3n) is 2.62. The molecule has 4 nitrogen and oxygen atoms in total. The third kappa shape index (κ3) is 2.52. The zero-order valence-electron chi connectivity index (χ0n) is 10.8. The maximum absolute atomic E-state index is 9.78. The number of phenolic OH excluding ortho intramolecular Hbond substituents is 2. The summed E-state index contributed by atoms with van der Waals surface area (Å²) in [6.45, 7) is 3.06. The van der Waals surface area contributed by atoms with Crippen molar-refractivity contribution in [3.8, 4) is 11.5 Å². The van der Waals surface area contributed by atoms with Gasteiger partial charge in [-0.2, -0.15) is 0 Å². The normalized spacial score (nSPS) is 10.2. The summed E-state index contributed by atoms with van der Waals surface area (Å²) >= 11 is 0. The highest BCUT2D eigenvalue weighted by Crippen LogP contribution is 2.37. The van der Waals surface area contributed by atoms with E-state index in [1.54, 1.807) is 6.07 Å². The maximum Gasteiger partial charge on any atom is 0.167 e. The zero-order chi connectivity index (χ0) is 14.0. The summed E-state index contributed by atoms with van der Waals surface area (Å²) in [6, 6.07) is 10.9. The molecule has 0 saturated carbocycles. The molecule has 0 radical (unpaired) electrons. The summed E-state index contributed by atoms with van der Waals surface area (Å²) in [5, 5.41) is 20.8. The number of fused-ring (bicyclic) bond motifs is 3. The zero-order valence-corrected chi connectivity index (χ0v) is 10.8. The van der Waals surface area contributed by atoms with Crippen LogP contribution in [0, 0.1) is 0 Å². The second-order valence-corrected chi connectivity index (χ2v) is 4.43. The number of aromatic hydroxyl groups is 2. The van der Waals surface area contributed by atoms with Gasteiger partial charge in [0.1, 0.15) is 5.78 Å². The number of carbonyl (C=O) groups is 1. The summed E-state index contributed by atoms with van der Waals surface area (Å²) in [7, 11) is 0. The molecule has 3 N–H and O–H groups in total. The van der Waals surface area contributed by atoms with E-state index in [4.69, 9.17) is 0 Å². The highest BCUT2D eigenvalue weighted by atomic mass is 16.3. The van der Waals surface area contributed by atoms with Crippen molar-refractivity contribution in [2.75, 3.05) is 0 Å². The van der Waals surface area contributed by atoms with Crippen molar-refractivity contribution in [2.24, 2.45) is 0 Å². The Morgan fingerprint density at radius 3 is 2.32 bits per heavy atom. The van der Waals surface area contributed by atoms with Crippen LogP contribution in [-0.4, -0.2) is 21.0 Å². The molecule has 1 heterocycles. The first kappa shape index (κ1) is 13.0. The average Bonchev–Trinajstić information content (AvgIpc) is 2.72. The topological polar surface area (TPSA) is 73.3 Å². The number of ketones is 1. The molecule has 0 aliphatic rings. The largest absolute Gasteiger partial charge is 0.504 e. The number of hydrogen-bond donors (Lipinski definition) is 3. The van der Waals surface area contributed by atoms with E-state index in [0.717, 1.165) is 16.4 Å². The van der Waals surface area contributed by atoms with E-state index < -0.39 is 0 Å². The van der Waals surface area contributed by atoms with Crippen LogP contribution in [0.4, 0.5) is 0 Å². The number of para-hydroxylation sites is 1. The number of nitrogens with one attached hydrogen (secondary N) is 1. The smallest absolute Gasteiger partial charge is 0.167 e. The molecule has 3 rings (SSSR count). The Kier molecular flexibility index (Phi) is 3.42. The number of rotatable bonds is 0. The minimum absolute atomic E-state index is 0.0649. The van der Waals surface area contributed by atoms with Gasteiger partial charge < -0.3 is 20.0 Å². The van der Waals surface area contributed by atoms with Crippen molar-refractivity contribution in [1.82, 2.24) is 4.98 Å². The predicted molar refractivity (Wildman–Crippen MR) is 75.5 cm³/mol. The van der Waals surface area contributed by atoms with Crippen molar-refractivity contribution in [2.45, 2.75) is 13.8 Å². The van der Waals surface area contributed by atoms with Crippen LogP contribution in [0.15, 0.2) is 36.4 Å². The Balaban J connectivity index is 0.000000297. The molecule has 2 aromatic carbocycles. The van der Waals surface area contributed by atoms with Crippen LogP contribution in [0.1, 0.15) is 13.8 Å². The molecule has 0 saturated heterocycles. The molecule has 0 bridgehead atoms. The van der Waals surface area contributed by atoms with Crippen LogP contribution in [-0.2, 0) is 4.79 Å². The molecule has 0 amide bonds. The van der Waals surface area contributed by atoms with E-state index >= 15 is 0 Å². The van der Waals surface area contributed by atoms with Gasteiger partial charge in [-0.05, 0) is 32.0 Å². The minimum atomic E-state index is -0.0905. The minimum Gasteiger partial charge on any atom is -0.504 e. The Bertz CT molecular complexity index is 740. The van der Waals surface area contributed by atoms with Crippen LogP contribution in [0.2, 0.25) is 0 Å². The van der Waals surface area contributed by atoms with E-state index in [2.05, 4.69) is 4.98 Å². The van der Waals surface area contributed by atoms with E-state index in [0.29, 0.717) is 5.39 Å². The van der Waals surface area contributed by atoms with Gasteiger partial charge in [-0.25, -0.2) is 0 Å². The number of benzene rings is 2. The van der Waals surface area contributed by atoms with Crippen LogP contribution in [0.3, 0.4) is 0 Å². The molecule has 0 unspecified atom stereocenters. The van der Waals surface area contributed by atoms with Gasteiger partial charge in [0.15, 0.2) is 11.5 Å². The number of carbonyl (C=O) groups excluding carboxylic acids is 1. The molecular formula is C15H15NO3. The monoisotopic (exact) mass is 257 g/mol. The lowest BCUT2D eigenvalue weighted by molar-refractivity contribution is -0.114. The molecule has 3 aromatic rings. The van der Waals surface area contributed by atoms with Crippen LogP contribution >= 0.6 is 0 Å². The van der Waals surface area contributed by atoms with Crippen molar-refractivity contribution in [3.05, 3.63) is 36.4 Å². The van der Waals surface area contributed by atoms with Gasteiger partial charge in [0.05, 0.1) is 10.9 Å². The Morgan fingerprint density at radius 1 is 1.00 bits per heavy atom. The standard InChI is InChI=1S/C12H9NO2.C3H6O/c14-10-6-5-9-11(12(10)15)7-3-1-2-4-8(7)13-9;1-3(2)4/h1-6,13-15H;1-2H3. The van der Waals surface area contributed by atoms with Crippen molar-refractivity contribution in [1.29, 1.82) is 0 Å². The summed E-state index contributed by atoms with van der Waals surface area (Å²) in [5.74, 6) is 0.0113. The van der Waals surface area contributed by atoms with Gasteiger partial charge >= 0.3 is 0 Å². The lowest BCUT2D eigenvalue weighted by atomic mass is 10.1. The summed E-state index contributed by atoms with van der Waals surface area (Å²) < 4.78 is 0. The first-order chi connectivity index (χ1) is 9.00. The molecule has 0 spiro atoms. The highest BCUT2D eigenvalue weighted by molar-refractivity contribution is 6.11. The molecular weight excluding hydrogens is 242 g/mol. The van der Waals surface area contributed by atoms with Gasteiger partial charge in [0, 0.05) is 10.9 Å². The number of aromatic amines is 1. The highest BCUT2D eigenvalue weighted by Gasteiger charge is 2.10. The van der Waals surface area contributed by atoms with E-state index in [1.807, 2.05) is 24.3 Å². The Hall–Kier alpha value is -2.49. The first-order valence-corrected chi connectivity index (χ1v) is 5.89. The van der Waals surface area contributed by atoms with Crippen LogP contribution in [0.5, 0.6) is 11.5 Å².